The lowest BCUT2D eigenvalue weighted by Gasteiger charge is -2.26. The minimum absolute atomic E-state index is 0.000601. The molecule has 0 aromatic heterocycles. The van der Waals surface area contributed by atoms with Crippen LogP contribution in [0.5, 0.6) is 11.5 Å². The first-order chi connectivity index (χ1) is 14.1. The molecule has 0 N–H and O–H groups in total. The standard InChI is InChI=1S/C22H31N3O4/c1-28-18-5-7-19(8-6-18)29-16-21(26)24-11-2-10-23(13-14-24)20-9-12-25(22(20)27)15-17-3-4-17/h5-8,17,20H,2-4,9-16H2,1H3/t20-/m0/s1. The largest absolute Gasteiger partial charge is 0.497 e. The van der Waals surface area contributed by atoms with Gasteiger partial charge in [-0.25, -0.2) is 0 Å². The highest BCUT2D eigenvalue weighted by Crippen LogP contribution is 2.31. The molecule has 1 aromatic rings. The molecule has 3 aliphatic rings. The van der Waals surface area contributed by atoms with Crippen molar-refractivity contribution in [2.45, 2.75) is 31.7 Å². The molecule has 2 amide bonds. The minimum Gasteiger partial charge on any atom is -0.497 e. The van der Waals surface area contributed by atoms with Crippen LogP contribution >= 0.6 is 0 Å². The number of amides is 2. The van der Waals surface area contributed by atoms with Gasteiger partial charge in [-0.2, -0.15) is 0 Å². The van der Waals surface area contributed by atoms with Crippen LogP contribution in [0.15, 0.2) is 24.3 Å². The number of likely N-dealkylation sites (tertiary alicyclic amines) is 1. The van der Waals surface area contributed by atoms with Gasteiger partial charge in [0.25, 0.3) is 5.91 Å². The Bertz CT molecular complexity index is 719. The Morgan fingerprint density at radius 3 is 2.48 bits per heavy atom. The molecular formula is C22H31N3O4. The van der Waals surface area contributed by atoms with Crippen molar-refractivity contribution >= 4 is 11.8 Å². The molecule has 1 atom stereocenters. The minimum atomic E-state index is -0.00391. The molecule has 2 heterocycles. The van der Waals surface area contributed by atoms with Gasteiger partial charge in [0, 0.05) is 39.3 Å². The molecule has 4 rings (SSSR count). The zero-order valence-corrected chi connectivity index (χ0v) is 17.2. The van der Waals surface area contributed by atoms with Gasteiger partial charge >= 0.3 is 0 Å². The molecule has 29 heavy (non-hydrogen) atoms. The summed E-state index contributed by atoms with van der Waals surface area (Å²) in [7, 11) is 1.62. The number of carbonyl (C=O) groups excluding carboxylic acids is 2. The van der Waals surface area contributed by atoms with Crippen molar-refractivity contribution in [3.8, 4) is 11.5 Å². The van der Waals surface area contributed by atoms with Crippen molar-refractivity contribution in [3.63, 3.8) is 0 Å². The Hall–Kier alpha value is -2.28. The maximum Gasteiger partial charge on any atom is 0.260 e. The summed E-state index contributed by atoms with van der Waals surface area (Å²) in [6.07, 6.45) is 4.35. The molecule has 0 radical (unpaired) electrons. The topological polar surface area (TPSA) is 62.3 Å². The van der Waals surface area contributed by atoms with Crippen LogP contribution in [-0.4, -0.2) is 85.5 Å². The zero-order chi connectivity index (χ0) is 20.2. The van der Waals surface area contributed by atoms with E-state index in [-0.39, 0.29) is 18.6 Å². The van der Waals surface area contributed by atoms with Gasteiger partial charge in [-0.1, -0.05) is 0 Å². The number of hydrogen-bond acceptors (Lipinski definition) is 5. The lowest BCUT2D eigenvalue weighted by atomic mass is 10.2. The Morgan fingerprint density at radius 2 is 1.76 bits per heavy atom. The van der Waals surface area contributed by atoms with Crippen molar-refractivity contribution in [2.24, 2.45) is 5.92 Å². The van der Waals surface area contributed by atoms with Crippen LogP contribution in [0.1, 0.15) is 25.7 Å². The fourth-order valence-electron chi connectivity index (χ4n) is 4.26. The van der Waals surface area contributed by atoms with Crippen LogP contribution < -0.4 is 9.47 Å². The van der Waals surface area contributed by atoms with E-state index >= 15 is 0 Å². The maximum atomic E-state index is 12.8. The summed E-state index contributed by atoms with van der Waals surface area (Å²) < 4.78 is 10.8. The van der Waals surface area contributed by atoms with Crippen LogP contribution in [0.3, 0.4) is 0 Å². The van der Waals surface area contributed by atoms with E-state index in [2.05, 4.69) is 9.80 Å². The molecule has 0 bridgehead atoms. The van der Waals surface area contributed by atoms with Gasteiger partial charge in [-0.05, 0) is 55.9 Å². The summed E-state index contributed by atoms with van der Waals surface area (Å²) in [5.41, 5.74) is 0. The first-order valence-electron chi connectivity index (χ1n) is 10.7. The number of rotatable bonds is 7. The molecule has 1 aliphatic carbocycles. The number of carbonyl (C=O) groups is 2. The van der Waals surface area contributed by atoms with Crippen molar-refractivity contribution in [3.05, 3.63) is 24.3 Å². The highest BCUT2D eigenvalue weighted by Gasteiger charge is 2.38. The predicted molar refractivity (Wildman–Crippen MR) is 109 cm³/mol. The summed E-state index contributed by atoms with van der Waals surface area (Å²) in [6, 6.07) is 7.23. The van der Waals surface area contributed by atoms with Crippen LogP contribution in [0, 0.1) is 5.92 Å². The molecule has 1 saturated carbocycles. The van der Waals surface area contributed by atoms with E-state index in [1.54, 1.807) is 19.2 Å². The lowest BCUT2D eigenvalue weighted by molar-refractivity contribution is -0.133. The molecule has 7 heteroatoms. The fraction of sp³-hybridized carbons (Fsp3) is 0.636. The van der Waals surface area contributed by atoms with Crippen molar-refractivity contribution in [1.82, 2.24) is 14.7 Å². The van der Waals surface area contributed by atoms with Crippen LogP contribution in [0.25, 0.3) is 0 Å². The van der Waals surface area contributed by atoms with Crippen LogP contribution in [0.4, 0.5) is 0 Å². The van der Waals surface area contributed by atoms with E-state index in [4.69, 9.17) is 9.47 Å². The summed E-state index contributed by atoms with van der Waals surface area (Å²) in [5, 5.41) is 0. The average molecular weight is 402 g/mol. The Kier molecular flexibility index (Phi) is 6.23. The van der Waals surface area contributed by atoms with Crippen molar-refractivity contribution < 1.29 is 19.1 Å². The number of methoxy groups -OCH3 is 1. The van der Waals surface area contributed by atoms with Gasteiger partial charge in [-0.3, -0.25) is 14.5 Å². The second-order valence-electron chi connectivity index (χ2n) is 8.27. The molecule has 0 spiro atoms. The number of benzene rings is 1. The highest BCUT2D eigenvalue weighted by atomic mass is 16.5. The molecule has 2 aliphatic heterocycles. The van der Waals surface area contributed by atoms with Gasteiger partial charge in [0.2, 0.25) is 5.91 Å². The van der Waals surface area contributed by atoms with Gasteiger partial charge in [0.05, 0.1) is 13.2 Å². The van der Waals surface area contributed by atoms with Crippen LogP contribution in [-0.2, 0) is 9.59 Å². The van der Waals surface area contributed by atoms with E-state index in [1.165, 1.54) is 12.8 Å². The zero-order valence-electron chi connectivity index (χ0n) is 17.2. The van der Waals surface area contributed by atoms with Gasteiger partial charge in [-0.15, -0.1) is 0 Å². The molecule has 158 valence electrons. The Balaban J connectivity index is 1.24. The summed E-state index contributed by atoms with van der Waals surface area (Å²) in [5.74, 6) is 2.44. The van der Waals surface area contributed by atoms with Crippen molar-refractivity contribution in [1.29, 1.82) is 0 Å². The normalized spacial score (nSPS) is 23.2. The Labute approximate surface area is 172 Å². The fourth-order valence-corrected chi connectivity index (χ4v) is 4.26. The number of ether oxygens (including phenoxy) is 2. The van der Waals surface area contributed by atoms with E-state index in [0.29, 0.717) is 24.7 Å². The third-order valence-corrected chi connectivity index (χ3v) is 6.19. The maximum absolute atomic E-state index is 12.8. The molecular weight excluding hydrogens is 370 g/mol. The quantitative estimate of drug-likeness (QED) is 0.695. The first-order valence-corrected chi connectivity index (χ1v) is 10.7. The van der Waals surface area contributed by atoms with E-state index in [0.717, 1.165) is 50.7 Å². The highest BCUT2D eigenvalue weighted by molar-refractivity contribution is 5.84. The number of nitrogens with zero attached hydrogens (tertiary/aromatic N) is 3. The smallest absolute Gasteiger partial charge is 0.260 e. The third-order valence-electron chi connectivity index (χ3n) is 6.19. The lowest BCUT2D eigenvalue weighted by Crippen LogP contribution is -2.44. The van der Waals surface area contributed by atoms with Gasteiger partial charge in [0.15, 0.2) is 6.61 Å². The van der Waals surface area contributed by atoms with Gasteiger partial charge < -0.3 is 19.3 Å². The average Bonchev–Trinajstić information content (AvgIpc) is 3.53. The van der Waals surface area contributed by atoms with E-state index < -0.39 is 0 Å². The number of hydrogen-bond donors (Lipinski definition) is 0. The monoisotopic (exact) mass is 401 g/mol. The van der Waals surface area contributed by atoms with Crippen LogP contribution in [0.2, 0.25) is 0 Å². The third kappa shape index (κ3) is 5.01. The molecule has 7 nitrogen and oxygen atoms in total. The first kappa shape index (κ1) is 20.0. The van der Waals surface area contributed by atoms with Crippen molar-refractivity contribution in [2.75, 3.05) is 53.0 Å². The molecule has 3 fully saturated rings. The Morgan fingerprint density at radius 1 is 1.00 bits per heavy atom. The van der Waals surface area contributed by atoms with E-state index in [1.807, 2.05) is 17.0 Å². The van der Waals surface area contributed by atoms with E-state index in [9.17, 15) is 9.59 Å². The van der Waals surface area contributed by atoms with Gasteiger partial charge in [0.1, 0.15) is 11.5 Å². The molecule has 1 aromatic carbocycles. The summed E-state index contributed by atoms with van der Waals surface area (Å²) in [6.45, 7) is 4.85. The summed E-state index contributed by atoms with van der Waals surface area (Å²) in [4.78, 5) is 31.6. The SMILES string of the molecule is COc1ccc(OCC(=O)N2CCCN([C@H]3CCN(CC4CC4)C3=O)CC2)cc1. The second-order valence-corrected chi connectivity index (χ2v) is 8.27. The molecule has 0 unspecified atom stereocenters. The molecule has 2 saturated heterocycles. The predicted octanol–water partition coefficient (Wildman–Crippen LogP) is 1.62. The second kappa shape index (κ2) is 9.03. The summed E-state index contributed by atoms with van der Waals surface area (Å²) >= 11 is 0.